The van der Waals surface area contributed by atoms with E-state index in [1.54, 1.807) is 0 Å². The van der Waals surface area contributed by atoms with Gasteiger partial charge in [-0.3, -0.25) is 37.3 Å². The fourth-order valence-electron chi connectivity index (χ4n) is 11.8. The molecular formula is C77H150O17P2. The zero-order valence-electron chi connectivity index (χ0n) is 62.8. The molecule has 0 aliphatic rings. The van der Waals surface area contributed by atoms with Crippen LogP contribution in [0.15, 0.2) is 0 Å². The predicted octanol–water partition coefficient (Wildman–Crippen LogP) is 22.6. The maximum absolute atomic E-state index is 13.1. The number of hydrogen-bond donors (Lipinski definition) is 3. The minimum Gasteiger partial charge on any atom is -0.462 e. The molecule has 19 heteroatoms. The third-order valence-corrected chi connectivity index (χ3v) is 19.8. The number of ether oxygens (including phenoxy) is 4. The maximum Gasteiger partial charge on any atom is 0.472 e. The van der Waals surface area contributed by atoms with Gasteiger partial charge in [0, 0.05) is 25.7 Å². The Labute approximate surface area is 588 Å². The molecule has 0 aliphatic heterocycles. The van der Waals surface area contributed by atoms with Crippen LogP contribution in [0.4, 0.5) is 0 Å². The standard InChI is InChI=1S/C77H150O17P2/c1-8-9-10-11-12-13-14-15-20-23-30-37-44-51-58-74(79)87-64-72(93-76(81)60-53-46-39-31-24-21-18-16-17-19-22-27-34-41-48-55-68(2)3)66-91-95(83,84)89-62-71(78)63-90-96(85,86)92-67-73(94-77(82)61-54-47-40-33-26-29-36-43-50-57-70(6)7)65-88-75(80)59-52-45-38-32-25-28-35-42-49-56-69(4)5/h68-73,78H,8-67H2,1-7H3,(H,83,84)(H,85,86)/t71-,72-,73-/m1/s1. The Hall–Kier alpha value is -1.94. The molecule has 96 heavy (non-hydrogen) atoms. The van der Waals surface area contributed by atoms with Crippen molar-refractivity contribution in [3.63, 3.8) is 0 Å². The quantitative estimate of drug-likeness (QED) is 0.0222. The number of esters is 4. The van der Waals surface area contributed by atoms with E-state index >= 15 is 0 Å². The molecule has 0 radical (unpaired) electrons. The van der Waals surface area contributed by atoms with Crippen molar-refractivity contribution in [3.8, 4) is 0 Å². The summed E-state index contributed by atoms with van der Waals surface area (Å²) in [5.74, 6) is 0.167. The molecular weight excluding hydrogens is 1260 g/mol. The molecule has 3 N–H and O–H groups in total. The van der Waals surface area contributed by atoms with E-state index in [0.717, 1.165) is 108 Å². The second-order valence-electron chi connectivity index (χ2n) is 29.2. The van der Waals surface area contributed by atoms with Crippen LogP contribution in [-0.4, -0.2) is 96.7 Å². The van der Waals surface area contributed by atoms with Crippen LogP contribution in [0.1, 0.15) is 395 Å². The van der Waals surface area contributed by atoms with Crippen molar-refractivity contribution in [2.45, 2.75) is 414 Å². The third-order valence-electron chi connectivity index (χ3n) is 17.9. The van der Waals surface area contributed by atoms with Gasteiger partial charge >= 0.3 is 39.5 Å². The van der Waals surface area contributed by atoms with Crippen LogP contribution in [0.3, 0.4) is 0 Å². The molecule has 0 spiro atoms. The highest BCUT2D eigenvalue weighted by Crippen LogP contribution is 2.45. The molecule has 0 fully saturated rings. The normalized spacial score (nSPS) is 14.1. The van der Waals surface area contributed by atoms with Gasteiger partial charge < -0.3 is 33.8 Å². The maximum atomic E-state index is 13.1. The SMILES string of the molecule is CCCCCCCCCCCCCCCCC(=O)OC[C@H](COP(=O)(O)OC[C@@H](O)COP(=O)(O)OC[C@@H](COC(=O)CCCCCCCCCCCC(C)C)OC(=O)CCCCCCCCCCCC(C)C)OC(=O)CCCCCCCCCCCCCCCCCC(C)C. The Morgan fingerprint density at radius 1 is 0.281 bits per heavy atom. The molecule has 0 aromatic heterocycles. The van der Waals surface area contributed by atoms with Gasteiger partial charge in [0.05, 0.1) is 26.4 Å². The number of hydrogen-bond acceptors (Lipinski definition) is 15. The van der Waals surface area contributed by atoms with Crippen LogP contribution in [-0.2, 0) is 65.4 Å². The van der Waals surface area contributed by atoms with Gasteiger partial charge in [0.15, 0.2) is 12.2 Å². The number of aliphatic hydroxyl groups excluding tert-OH is 1. The second-order valence-corrected chi connectivity index (χ2v) is 32.1. The monoisotopic (exact) mass is 1410 g/mol. The van der Waals surface area contributed by atoms with Gasteiger partial charge in [-0.25, -0.2) is 9.13 Å². The molecule has 0 saturated carbocycles. The van der Waals surface area contributed by atoms with Crippen molar-refractivity contribution >= 4 is 39.5 Å². The number of carbonyl (C=O) groups excluding carboxylic acids is 4. The lowest BCUT2D eigenvalue weighted by atomic mass is 10.0. The minimum atomic E-state index is -4.96. The van der Waals surface area contributed by atoms with Crippen molar-refractivity contribution in [1.29, 1.82) is 0 Å². The Morgan fingerprint density at radius 3 is 0.708 bits per heavy atom. The van der Waals surface area contributed by atoms with Gasteiger partial charge in [0.25, 0.3) is 0 Å². The van der Waals surface area contributed by atoms with E-state index in [9.17, 15) is 43.2 Å². The molecule has 0 rings (SSSR count). The lowest BCUT2D eigenvalue weighted by Crippen LogP contribution is -2.30. The van der Waals surface area contributed by atoms with Crippen molar-refractivity contribution < 1.29 is 80.2 Å². The van der Waals surface area contributed by atoms with E-state index in [2.05, 4.69) is 48.5 Å². The lowest BCUT2D eigenvalue weighted by molar-refractivity contribution is -0.161. The first-order chi connectivity index (χ1) is 46.2. The number of rotatable bonds is 75. The van der Waals surface area contributed by atoms with Crippen LogP contribution in [0.25, 0.3) is 0 Å². The topological polar surface area (TPSA) is 237 Å². The molecule has 0 heterocycles. The molecule has 2 unspecified atom stereocenters. The van der Waals surface area contributed by atoms with Gasteiger partial charge in [0.1, 0.15) is 19.3 Å². The van der Waals surface area contributed by atoms with Crippen molar-refractivity contribution in [2.75, 3.05) is 39.6 Å². The summed E-state index contributed by atoms with van der Waals surface area (Å²) in [4.78, 5) is 72.9. The van der Waals surface area contributed by atoms with Crippen molar-refractivity contribution in [3.05, 3.63) is 0 Å². The van der Waals surface area contributed by atoms with E-state index in [-0.39, 0.29) is 25.7 Å². The number of phosphoric ester groups is 2. The van der Waals surface area contributed by atoms with Crippen LogP contribution >= 0.6 is 15.6 Å². The summed E-state index contributed by atoms with van der Waals surface area (Å²) >= 11 is 0. The molecule has 0 saturated heterocycles. The third kappa shape index (κ3) is 70.5. The van der Waals surface area contributed by atoms with Gasteiger partial charge in [-0.15, -0.1) is 0 Å². The largest absolute Gasteiger partial charge is 0.472 e. The Morgan fingerprint density at radius 2 is 0.479 bits per heavy atom. The number of aliphatic hydroxyl groups is 1. The van der Waals surface area contributed by atoms with E-state index < -0.39 is 97.5 Å². The first-order valence-electron chi connectivity index (χ1n) is 39.8. The zero-order valence-corrected chi connectivity index (χ0v) is 64.6. The molecule has 0 aromatic rings. The molecule has 17 nitrogen and oxygen atoms in total. The van der Waals surface area contributed by atoms with Crippen molar-refractivity contribution in [2.24, 2.45) is 17.8 Å². The average Bonchev–Trinajstić information content (AvgIpc) is 1.09. The van der Waals surface area contributed by atoms with Crippen LogP contribution in [0.5, 0.6) is 0 Å². The molecule has 0 aliphatic carbocycles. The Kier molecular flexibility index (Phi) is 66.2. The van der Waals surface area contributed by atoms with Crippen LogP contribution in [0, 0.1) is 17.8 Å². The van der Waals surface area contributed by atoms with E-state index in [4.69, 9.17) is 37.0 Å². The van der Waals surface area contributed by atoms with Crippen LogP contribution < -0.4 is 0 Å². The fraction of sp³-hybridized carbons (Fsp3) is 0.948. The summed E-state index contributed by atoms with van der Waals surface area (Å²) in [6.45, 7) is 11.9. The number of phosphoric acid groups is 2. The van der Waals surface area contributed by atoms with Crippen molar-refractivity contribution in [1.82, 2.24) is 0 Å². The summed E-state index contributed by atoms with van der Waals surface area (Å²) in [5, 5.41) is 10.6. The minimum absolute atomic E-state index is 0.105. The van der Waals surface area contributed by atoms with Gasteiger partial charge in [0.2, 0.25) is 0 Å². The van der Waals surface area contributed by atoms with Crippen LogP contribution in [0.2, 0.25) is 0 Å². The highest BCUT2D eigenvalue weighted by molar-refractivity contribution is 7.47. The summed E-state index contributed by atoms with van der Waals surface area (Å²) in [6.07, 6.45) is 54.1. The Bertz CT molecular complexity index is 1870. The second kappa shape index (κ2) is 67.5. The fourth-order valence-corrected chi connectivity index (χ4v) is 13.4. The highest BCUT2D eigenvalue weighted by atomic mass is 31.2. The van der Waals surface area contributed by atoms with Gasteiger partial charge in [-0.05, 0) is 43.4 Å². The van der Waals surface area contributed by atoms with E-state index in [1.807, 2.05) is 0 Å². The number of unbranched alkanes of at least 4 members (excludes halogenated alkanes) is 43. The molecule has 5 atom stereocenters. The average molecular weight is 1410 g/mol. The molecule has 0 aromatic carbocycles. The molecule has 570 valence electrons. The van der Waals surface area contributed by atoms with E-state index in [1.165, 1.54) is 205 Å². The molecule has 0 amide bonds. The highest BCUT2D eigenvalue weighted by Gasteiger charge is 2.30. The lowest BCUT2D eigenvalue weighted by Gasteiger charge is -2.21. The summed E-state index contributed by atoms with van der Waals surface area (Å²) in [6, 6.07) is 0. The smallest absolute Gasteiger partial charge is 0.462 e. The first-order valence-corrected chi connectivity index (χ1v) is 42.8. The summed E-state index contributed by atoms with van der Waals surface area (Å²) in [7, 11) is -9.91. The predicted molar refractivity (Wildman–Crippen MR) is 391 cm³/mol. The summed E-state index contributed by atoms with van der Waals surface area (Å²) in [5.41, 5.74) is 0. The van der Waals surface area contributed by atoms with Gasteiger partial charge in [-0.1, -0.05) is 344 Å². The van der Waals surface area contributed by atoms with Gasteiger partial charge in [-0.2, -0.15) is 0 Å². The Balaban J connectivity index is 5.25. The van der Waals surface area contributed by atoms with E-state index in [0.29, 0.717) is 25.7 Å². The summed E-state index contributed by atoms with van der Waals surface area (Å²) < 4.78 is 68.6. The first kappa shape index (κ1) is 94.1. The molecule has 0 bridgehead atoms. The number of carbonyl (C=O) groups is 4. The zero-order chi connectivity index (χ0) is 70.9.